The number of carbonyl (C=O) groups is 1. The van der Waals surface area contributed by atoms with E-state index >= 15 is 0 Å². The fraction of sp³-hybridized carbons (Fsp3) is 0.455. The lowest BCUT2D eigenvalue weighted by molar-refractivity contribution is -0.129. The fourth-order valence-corrected chi connectivity index (χ4v) is 2.05. The molecule has 0 unspecified atom stereocenters. The Morgan fingerprint density at radius 1 is 1.25 bits per heavy atom. The normalized spacial score (nSPS) is 16.5. The maximum atomic E-state index is 12.8. The Balaban J connectivity index is 1.96. The number of amides is 1. The summed E-state index contributed by atoms with van der Waals surface area (Å²) in [4.78, 5) is 15.0. The van der Waals surface area contributed by atoms with Gasteiger partial charge >= 0.3 is 0 Å². The molecule has 1 fully saturated rings. The quantitative estimate of drug-likeness (QED) is 0.794. The Labute approximate surface area is 112 Å². The largest absolute Gasteiger partial charge is 0.344 e. The summed E-state index contributed by atoms with van der Waals surface area (Å²) in [5, 5.41) is 11.2. The Morgan fingerprint density at radius 2 is 2.05 bits per heavy atom. The van der Waals surface area contributed by atoms with E-state index < -0.39 is 12.2 Å². The van der Waals surface area contributed by atoms with Gasteiger partial charge in [0.25, 0.3) is 6.43 Å². The molecule has 3 rings (SSSR count). The summed E-state index contributed by atoms with van der Waals surface area (Å²) in [5.41, 5.74) is 0.254. The second kappa shape index (κ2) is 4.66. The monoisotopic (exact) mass is 282 g/mol. The van der Waals surface area contributed by atoms with Gasteiger partial charge in [-0.25, -0.2) is 8.78 Å². The summed E-state index contributed by atoms with van der Waals surface area (Å²) >= 11 is 0. The maximum Gasteiger partial charge on any atom is 0.299 e. The van der Waals surface area contributed by atoms with Crippen molar-refractivity contribution in [3.63, 3.8) is 0 Å². The van der Waals surface area contributed by atoms with Gasteiger partial charge in [0, 0.05) is 20.1 Å². The highest BCUT2D eigenvalue weighted by Crippen LogP contribution is 2.19. The van der Waals surface area contributed by atoms with E-state index in [9.17, 15) is 13.6 Å². The summed E-state index contributed by atoms with van der Waals surface area (Å²) in [6.07, 6.45) is -2.75. The lowest BCUT2D eigenvalue weighted by atomic mass is 10.3. The highest BCUT2D eigenvalue weighted by Gasteiger charge is 2.23. The van der Waals surface area contributed by atoms with Crippen LogP contribution in [0.2, 0.25) is 0 Å². The minimum Gasteiger partial charge on any atom is -0.344 e. The number of carbonyl (C=O) groups excluding carboxylic acids is 1. The molecule has 0 aliphatic carbocycles. The topological polar surface area (TPSA) is 66.6 Å². The van der Waals surface area contributed by atoms with Crippen LogP contribution >= 0.6 is 0 Å². The number of anilines is 1. The molecule has 0 spiro atoms. The van der Waals surface area contributed by atoms with Crippen molar-refractivity contribution in [2.45, 2.75) is 6.43 Å². The maximum absolute atomic E-state index is 12.8. The highest BCUT2D eigenvalue weighted by molar-refractivity contribution is 5.82. The van der Waals surface area contributed by atoms with Crippen LogP contribution in [0.4, 0.5) is 14.6 Å². The molecule has 0 aromatic carbocycles. The van der Waals surface area contributed by atoms with Crippen LogP contribution in [-0.2, 0) is 4.79 Å². The number of nitrogens with zero attached hydrogens (tertiary/aromatic N) is 6. The zero-order chi connectivity index (χ0) is 14.3. The van der Waals surface area contributed by atoms with Crippen LogP contribution in [0, 0.1) is 0 Å². The Hall–Kier alpha value is -2.32. The zero-order valence-corrected chi connectivity index (χ0v) is 10.7. The molecule has 0 radical (unpaired) electrons. The standard InChI is InChI=1S/C11H12F2N6O/c1-17-4-5-18(6-9(17)20)8-3-2-7-14-15-11(10(12)13)19(7)16-8/h2-3,10H,4-6H2,1H3. The number of hydrogen-bond donors (Lipinski definition) is 0. The van der Waals surface area contributed by atoms with Gasteiger partial charge in [-0.05, 0) is 12.1 Å². The van der Waals surface area contributed by atoms with E-state index in [0.717, 1.165) is 4.52 Å². The first-order chi connectivity index (χ1) is 9.56. The van der Waals surface area contributed by atoms with E-state index in [1.54, 1.807) is 29.0 Å². The van der Waals surface area contributed by atoms with Crippen LogP contribution in [0.1, 0.15) is 12.2 Å². The van der Waals surface area contributed by atoms with E-state index in [1.807, 2.05) is 0 Å². The van der Waals surface area contributed by atoms with Gasteiger partial charge in [0.1, 0.15) is 5.82 Å². The zero-order valence-electron chi connectivity index (χ0n) is 10.7. The number of piperazine rings is 1. The molecule has 0 atom stereocenters. The fourth-order valence-electron chi connectivity index (χ4n) is 2.05. The van der Waals surface area contributed by atoms with Crippen molar-refractivity contribution in [2.24, 2.45) is 0 Å². The van der Waals surface area contributed by atoms with Crippen molar-refractivity contribution in [3.8, 4) is 0 Å². The molecular formula is C11H12F2N6O. The molecule has 1 aliphatic rings. The molecule has 9 heteroatoms. The summed E-state index contributed by atoms with van der Waals surface area (Å²) in [7, 11) is 1.73. The number of alkyl halides is 2. The SMILES string of the molecule is CN1CCN(c2ccc3nnc(C(F)F)n3n2)CC1=O. The van der Waals surface area contributed by atoms with E-state index in [4.69, 9.17) is 0 Å². The van der Waals surface area contributed by atoms with Gasteiger partial charge < -0.3 is 9.80 Å². The molecule has 1 amide bonds. The predicted molar refractivity (Wildman–Crippen MR) is 65.6 cm³/mol. The molecule has 0 N–H and O–H groups in total. The van der Waals surface area contributed by atoms with Crippen molar-refractivity contribution < 1.29 is 13.6 Å². The number of fused-ring (bicyclic) bond motifs is 1. The minimum absolute atomic E-state index is 0.0315. The number of aromatic nitrogens is 4. The van der Waals surface area contributed by atoms with E-state index in [-0.39, 0.29) is 18.1 Å². The van der Waals surface area contributed by atoms with Crippen LogP contribution < -0.4 is 4.90 Å². The van der Waals surface area contributed by atoms with Gasteiger partial charge in [0.2, 0.25) is 11.7 Å². The van der Waals surface area contributed by atoms with Crippen molar-refractivity contribution in [2.75, 3.05) is 31.6 Å². The van der Waals surface area contributed by atoms with Gasteiger partial charge in [-0.3, -0.25) is 4.79 Å². The molecule has 0 bridgehead atoms. The summed E-state index contributed by atoms with van der Waals surface area (Å²) in [6, 6.07) is 3.21. The van der Waals surface area contributed by atoms with Crippen molar-refractivity contribution in [1.29, 1.82) is 0 Å². The van der Waals surface area contributed by atoms with Crippen LogP contribution in [0.5, 0.6) is 0 Å². The van der Waals surface area contributed by atoms with E-state index in [0.29, 0.717) is 18.9 Å². The summed E-state index contributed by atoms with van der Waals surface area (Å²) in [5.74, 6) is -0.0704. The third-order valence-corrected chi connectivity index (χ3v) is 3.25. The molecule has 0 saturated carbocycles. The van der Waals surface area contributed by atoms with Crippen molar-refractivity contribution in [1.82, 2.24) is 24.7 Å². The lowest BCUT2D eigenvalue weighted by Crippen LogP contribution is -2.48. The molecule has 20 heavy (non-hydrogen) atoms. The molecule has 1 saturated heterocycles. The number of hydrogen-bond acceptors (Lipinski definition) is 5. The lowest BCUT2D eigenvalue weighted by Gasteiger charge is -2.32. The molecular weight excluding hydrogens is 270 g/mol. The molecule has 3 heterocycles. The molecule has 2 aromatic rings. The second-order valence-electron chi connectivity index (χ2n) is 4.56. The van der Waals surface area contributed by atoms with Gasteiger partial charge in [-0.15, -0.1) is 15.3 Å². The van der Waals surface area contributed by atoms with Gasteiger partial charge in [-0.1, -0.05) is 0 Å². The summed E-state index contributed by atoms with van der Waals surface area (Å²) < 4.78 is 26.6. The average molecular weight is 282 g/mol. The summed E-state index contributed by atoms with van der Waals surface area (Å²) in [6.45, 7) is 1.36. The average Bonchev–Trinajstić information content (AvgIpc) is 2.85. The van der Waals surface area contributed by atoms with Gasteiger partial charge in [-0.2, -0.15) is 4.52 Å². The van der Waals surface area contributed by atoms with Crippen LogP contribution in [0.25, 0.3) is 5.65 Å². The third kappa shape index (κ3) is 2.04. The first-order valence-corrected chi connectivity index (χ1v) is 6.05. The first-order valence-electron chi connectivity index (χ1n) is 6.05. The second-order valence-corrected chi connectivity index (χ2v) is 4.56. The number of rotatable bonds is 2. The Bertz CT molecular complexity index is 657. The molecule has 1 aliphatic heterocycles. The highest BCUT2D eigenvalue weighted by atomic mass is 19.3. The smallest absolute Gasteiger partial charge is 0.299 e. The first kappa shape index (κ1) is 12.7. The Morgan fingerprint density at radius 3 is 2.75 bits per heavy atom. The number of likely N-dealkylation sites (N-methyl/N-ethyl adjacent to an activating group) is 1. The van der Waals surface area contributed by atoms with Gasteiger partial charge in [0.15, 0.2) is 5.65 Å². The van der Waals surface area contributed by atoms with Crippen LogP contribution in [-0.4, -0.2) is 57.3 Å². The van der Waals surface area contributed by atoms with Crippen molar-refractivity contribution >= 4 is 17.4 Å². The minimum atomic E-state index is -2.75. The molecule has 106 valence electrons. The van der Waals surface area contributed by atoms with Crippen molar-refractivity contribution in [3.05, 3.63) is 18.0 Å². The number of halogens is 2. The predicted octanol–water partition coefficient (Wildman–Crippen LogP) is 0.340. The van der Waals surface area contributed by atoms with Gasteiger partial charge in [0.05, 0.1) is 6.54 Å². The molecule has 7 nitrogen and oxygen atoms in total. The van der Waals surface area contributed by atoms with Crippen LogP contribution in [0.15, 0.2) is 12.1 Å². The van der Waals surface area contributed by atoms with E-state index in [1.165, 1.54) is 0 Å². The van der Waals surface area contributed by atoms with Crippen LogP contribution in [0.3, 0.4) is 0 Å². The Kier molecular flexibility index (Phi) is 2.96. The molecule has 2 aromatic heterocycles. The third-order valence-electron chi connectivity index (χ3n) is 3.25. The van der Waals surface area contributed by atoms with E-state index in [2.05, 4.69) is 15.3 Å².